The van der Waals surface area contributed by atoms with Crippen LogP contribution in [0, 0.1) is 0 Å². The molecule has 26 heavy (non-hydrogen) atoms. The summed E-state index contributed by atoms with van der Waals surface area (Å²) in [6.07, 6.45) is 3.38. The van der Waals surface area contributed by atoms with E-state index in [-0.39, 0.29) is 18.2 Å². The highest BCUT2D eigenvalue weighted by atomic mass is 35.5. The van der Waals surface area contributed by atoms with Crippen LogP contribution < -0.4 is 14.2 Å². The molecule has 3 rings (SSSR count). The zero-order chi connectivity index (χ0) is 17.8. The van der Waals surface area contributed by atoms with Crippen LogP contribution in [0.1, 0.15) is 16.1 Å². The molecular weight excluding hydrogens is 376 g/mol. The van der Waals surface area contributed by atoms with Gasteiger partial charge in [0.25, 0.3) is 0 Å². The number of rotatable bonds is 6. The van der Waals surface area contributed by atoms with E-state index in [0.717, 1.165) is 10.6 Å². The van der Waals surface area contributed by atoms with E-state index in [1.807, 2.05) is 12.1 Å². The number of hydrogen-bond donors (Lipinski definition) is 0. The number of benzene rings is 1. The Morgan fingerprint density at radius 1 is 1.00 bits per heavy atom. The van der Waals surface area contributed by atoms with Gasteiger partial charge in [-0.3, -0.25) is 9.78 Å². The minimum atomic E-state index is -0.212. The number of pyridine rings is 1. The van der Waals surface area contributed by atoms with E-state index in [0.29, 0.717) is 28.5 Å². The van der Waals surface area contributed by atoms with Crippen molar-refractivity contribution in [3.05, 3.63) is 53.3 Å². The molecule has 8 heteroatoms. The van der Waals surface area contributed by atoms with E-state index in [9.17, 15) is 4.79 Å². The maximum absolute atomic E-state index is 12.8. The van der Waals surface area contributed by atoms with Gasteiger partial charge in [-0.2, -0.15) is 0 Å². The van der Waals surface area contributed by atoms with E-state index in [1.165, 1.54) is 32.7 Å². The summed E-state index contributed by atoms with van der Waals surface area (Å²) in [6, 6.07) is 6.95. The molecule has 0 spiro atoms. The summed E-state index contributed by atoms with van der Waals surface area (Å²) < 4.78 is 15.9. The van der Waals surface area contributed by atoms with E-state index >= 15 is 0 Å². The average molecular weight is 393 g/mol. The second-order valence-corrected chi connectivity index (χ2v) is 5.88. The van der Waals surface area contributed by atoms with Crippen LogP contribution in [0.5, 0.6) is 17.2 Å². The molecule has 2 aromatic heterocycles. The first-order chi connectivity index (χ1) is 12.2. The molecule has 6 nitrogen and oxygen atoms in total. The van der Waals surface area contributed by atoms with Crippen molar-refractivity contribution in [3.63, 3.8) is 0 Å². The Bertz CT molecular complexity index is 874. The smallest absolute Gasteiger partial charge is 0.212 e. The van der Waals surface area contributed by atoms with Gasteiger partial charge in [0.15, 0.2) is 11.5 Å². The predicted octanol–water partition coefficient (Wildman–Crippen LogP) is 3.88. The minimum absolute atomic E-state index is 0. The van der Waals surface area contributed by atoms with Crippen LogP contribution in [0.3, 0.4) is 0 Å². The zero-order valence-corrected chi connectivity index (χ0v) is 16.0. The Morgan fingerprint density at radius 2 is 1.62 bits per heavy atom. The summed E-state index contributed by atoms with van der Waals surface area (Å²) in [4.78, 5) is 21.2. The van der Waals surface area contributed by atoms with Crippen molar-refractivity contribution in [2.45, 2.75) is 0 Å². The van der Waals surface area contributed by atoms with Gasteiger partial charge in [0.05, 0.1) is 21.3 Å². The van der Waals surface area contributed by atoms with Crippen LogP contribution in [0.25, 0.3) is 10.6 Å². The van der Waals surface area contributed by atoms with Crippen molar-refractivity contribution in [3.8, 4) is 27.8 Å². The van der Waals surface area contributed by atoms with Gasteiger partial charge in [0.2, 0.25) is 11.5 Å². The highest BCUT2D eigenvalue weighted by Gasteiger charge is 2.20. The minimum Gasteiger partial charge on any atom is -0.493 e. The Hall–Kier alpha value is -2.64. The number of ether oxygens (including phenoxy) is 3. The molecule has 3 aromatic rings. The number of aromatic nitrogens is 2. The number of thiazole rings is 1. The fourth-order valence-electron chi connectivity index (χ4n) is 2.37. The molecular formula is C18H17ClN2O4S. The van der Waals surface area contributed by atoms with Gasteiger partial charge in [0.1, 0.15) is 10.7 Å². The third-order valence-electron chi connectivity index (χ3n) is 3.59. The highest BCUT2D eigenvalue weighted by molar-refractivity contribution is 7.13. The van der Waals surface area contributed by atoms with Gasteiger partial charge in [-0.1, -0.05) is 0 Å². The predicted molar refractivity (Wildman–Crippen MR) is 102 cm³/mol. The van der Waals surface area contributed by atoms with Crippen LogP contribution in [-0.4, -0.2) is 37.1 Å². The molecule has 0 saturated carbocycles. The lowest BCUT2D eigenvalue weighted by Gasteiger charge is -2.13. The van der Waals surface area contributed by atoms with Crippen LogP contribution in [0.2, 0.25) is 0 Å². The first kappa shape index (κ1) is 19.7. The molecule has 0 amide bonds. The van der Waals surface area contributed by atoms with Crippen molar-refractivity contribution in [1.82, 2.24) is 9.97 Å². The average Bonchev–Trinajstić information content (AvgIpc) is 3.17. The second-order valence-electron chi connectivity index (χ2n) is 5.02. The molecule has 0 aliphatic heterocycles. The molecule has 0 aliphatic rings. The van der Waals surface area contributed by atoms with Crippen molar-refractivity contribution < 1.29 is 19.0 Å². The number of halogens is 1. The summed E-state index contributed by atoms with van der Waals surface area (Å²) in [6.45, 7) is 0. The Balaban J connectivity index is 0.00000243. The molecule has 1 aromatic carbocycles. The topological polar surface area (TPSA) is 70.5 Å². The maximum atomic E-state index is 12.8. The van der Waals surface area contributed by atoms with Gasteiger partial charge < -0.3 is 14.2 Å². The highest BCUT2D eigenvalue weighted by Crippen LogP contribution is 2.38. The van der Waals surface area contributed by atoms with E-state index < -0.39 is 0 Å². The quantitative estimate of drug-likeness (QED) is 0.593. The van der Waals surface area contributed by atoms with E-state index in [1.54, 1.807) is 29.9 Å². The lowest BCUT2D eigenvalue weighted by atomic mass is 10.1. The van der Waals surface area contributed by atoms with Gasteiger partial charge in [-0.15, -0.1) is 23.7 Å². The third-order valence-corrected chi connectivity index (χ3v) is 4.48. The molecule has 0 unspecified atom stereocenters. The maximum Gasteiger partial charge on any atom is 0.212 e. The number of nitrogens with zero attached hydrogens (tertiary/aromatic N) is 2. The Kier molecular flexibility index (Phi) is 6.54. The normalized spacial score (nSPS) is 9.96. The Morgan fingerprint density at radius 3 is 2.15 bits per heavy atom. The summed E-state index contributed by atoms with van der Waals surface area (Å²) >= 11 is 1.41. The van der Waals surface area contributed by atoms with Gasteiger partial charge >= 0.3 is 0 Å². The van der Waals surface area contributed by atoms with Crippen molar-refractivity contribution >= 4 is 29.5 Å². The fraction of sp³-hybridized carbons (Fsp3) is 0.167. The van der Waals surface area contributed by atoms with Crippen LogP contribution >= 0.6 is 23.7 Å². The first-order valence-corrected chi connectivity index (χ1v) is 8.26. The Labute approximate surface area is 161 Å². The van der Waals surface area contributed by atoms with Gasteiger partial charge in [-0.25, -0.2) is 4.98 Å². The summed E-state index contributed by atoms with van der Waals surface area (Å²) in [5.41, 5.74) is 1.70. The van der Waals surface area contributed by atoms with Crippen molar-refractivity contribution in [2.24, 2.45) is 0 Å². The SMILES string of the molecule is COc1cc(C(=O)c2csc(-c3ccncc3)n2)cc(OC)c1OC.Cl. The van der Waals surface area contributed by atoms with Crippen LogP contribution in [0.15, 0.2) is 42.0 Å². The first-order valence-electron chi connectivity index (χ1n) is 7.38. The van der Waals surface area contributed by atoms with Crippen LogP contribution in [-0.2, 0) is 0 Å². The molecule has 136 valence electrons. The number of carbonyl (C=O) groups excluding carboxylic acids is 1. The van der Waals surface area contributed by atoms with E-state index in [4.69, 9.17) is 14.2 Å². The largest absolute Gasteiger partial charge is 0.493 e. The van der Waals surface area contributed by atoms with Crippen molar-refractivity contribution in [2.75, 3.05) is 21.3 Å². The van der Waals surface area contributed by atoms with Gasteiger partial charge in [0, 0.05) is 28.9 Å². The summed E-state index contributed by atoms with van der Waals surface area (Å²) in [5.74, 6) is 1.08. The molecule has 0 radical (unpaired) electrons. The molecule has 0 saturated heterocycles. The number of carbonyl (C=O) groups is 1. The van der Waals surface area contributed by atoms with Crippen molar-refractivity contribution in [1.29, 1.82) is 0 Å². The molecule has 0 atom stereocenters. The zero-order valence-electron chi connectivity index (χ0n) is 14.4. The monoisotopic (exact) mass is 392 g/mol. The molecule has 2 heterocycles. The molecule has 0 aliphatic carbocycles. The molecule has 0 bridgehead atoms. The standard InChI is InChI=1S/C18H16N2O4S.ClH/c1-22-14-8-12(9-15(23-2)17(14)24-3)16(21)13-10-25-18(20-13)11-4-6-19-7-5-11;/h4-10H,1-3H3;1H. The molecule has 0 fully saturated rings. The second kappa shape index (κ2) is 8.64. The van der Waals surface area contributed by atoms with E-state index in [2.05, 4.69) is 9.97 Å². The number of ketones is 1. The van der Waals surface area contributed by atoms with Gasteiger partial charge in [-0.05, 0) is 24.3 Å². The van der Waals surface area contributed by atoms with Crippen LogP contribution in [0.4, 0.5) is 0 Å². The third kappa shape index (κ3) is 3.79. The number of hydrogen-bond acceptors (Lipinski definition) is 7. The summed E-state index contributed by atoms with van der Waals surface area (Å²) in [5, 5.41) is 2.50. The summed E-state index contributed by atoms with van der Waals surface area (Å²) in [7, 11) is 4.54. The number of methoxy groups -OCH3 is 3. The fourth-order valence-corrected chi connectivity index (χ4v) is 3.17. The lowest BCUT2D eigenvalue weighted by molar-refractivity contribution is 0.103. The lowest BCUT2D eigenvalue weighted by Crippen LogP contribution is -2.04. The molecule has 0 N–H and O–H groups in total.